The molecule has 0 spiro atoms. The third kappa shape index (κ3) is 6.05. The highest BCUT2D eigenvalue weighted by Gasteiger charge is 2.30. The molecule has 0 aliphatic carbocycles. The van der Waals surface area contributed by atoms with Gasteiger partial charge in [-0.2, -0.15) is 0 Å². The molecule has 1 aliphatic heterocycles. The van der Waals surface area contributed by atoms with Crippen LogP contribution in [0.1, 0.15) is 49.7 Å². The molecule has 1 amide bonds. The van der Waals surface area contributed by atoms with Crippen LogP contribution in [0.4, 0.5) is 11.4 Å². The smallest absolute Gasteiger partial charge is 0.356 e. The molecule has 1 fully saturated rings. The van der Waals surface area contributed by atoms with E-state index in [9.17, 15) is 9.59 Å². The fourth-order valence-electron chi connectivity index (χ4n) is 4.39. The Morgan fingerprint density at radius 1 is 1.22 bits per heavy atom. The molecule has 0 unspecified atom stereocenters. The van der Waals surface area contributed by atoms with Crippen LogP contribution in [0.25, 0.3) is 11.0 Å². The zero-order chi connectivity index (χ0) is 25.7. The first-order valence-corrected chi connectivity index (χ1v) is 12.5. The van der Waals surface area contributed by atoms with E-state index in [4.69, 9.17) is 14.5 Å². The van der Waals surface area contributed by atoms with Gasteiger partial charge in [0, 0.05) is 25.1 Å². The molecule has 3 aromatic rings. The highest BCUT2D eigenvalue weighted by atomic mass is 16.5. The summed E-state index contributed by atoms with van der Waals surface area (Å²) in [6, 6.07) is 12.2. The minimum absolute atomic E-state index is 0.0784. The van der Waals surface area contributed by atoms with E-state index in [1.165, 1.54) is 12.7 Å². The number of carbonyl (C=O) groups is 2. The third-order valence-corrected chi connectivity index (χ3v) is 6.34. The molecule has 1 saturated heterocycles. The van der Waals surface area contributed by atoms with E-state index in [1.807, 2.05) is 28.8 Å². The van der Waals surface area contributed by atoms with E-state index in [0.717, 1.165) is 25.1 Å². The normalized spacial score (nSPS) is 15.7. The maximum Gasteiger partial charge on any atom is 0.356 e. The summed E-state index contributed by atoms with van der Waals surface area (Å²) in [6.07, 6.45) is 4.09. The second-order valence-electron chi connectivity index (χ2n) is 10.5. The van der Waals surface area contributed by atoms with Crippen molar-refractivity contribution >= 4 is 34.3 Å². The molecule has 2 N–H and O–H groups in total. The van der Waals surface area contributed by atoms with Crippen molar-refractivity contribution in [1.29, 1.82) is 0 Å². The number of pyridine rings is 1. The maximum atomic E-state index is 13.1. The number of esters is 1. The van der Waals surface area contributed by atoms with Crippen molar-refractivity contribution in [2.24, 2.45) is 11.3 Å². The molecule has 36 heavy (non-hydrogen) atoms. The van der Waals surface area contributed by atoms with Gasteiger partial charge in [-0.15, -0.1) is 0 Å². The summed E-state index contributed by atoms with van der Waals surface area (Å²) in [6.45, 7) is 8.71. The summed E-state index contributed by atoms with van der Waals surface area (Å²) in [5, 5.41) is 7.17. The standard InChI is InChI=1S/C28H36N4O4/c1-28(2,3)18-30-21-15-22-23(31-26(33)20-12-14-36-17-20)24(27(34)35-4)32(25(22)29-16-21)13-8-11-19-9-6-5-7-10-19/h5-7,9-10,15-16,20,30H,8,11-14,17-18H2,1-4H3,(H,31,33)/t20-/m1/s1. The van der Waals surface area contributed by atoms with Gasteiger partial charge < -0.3 is 24.7 Å². The number of carbonyl (C=O) groups excluding carboxylic acids is 2. The second-order valence-corrected chi connectivity index (χ2v) is 10.5. The summed E-state index contributed by atoms with van der Waals surface area (Å²) < 4.78 is 12.4. The monoisotopic (exact) mass is 492 g/mol. The minimum atomic E-state index is -0.505. The van der Waals surface area contributed by atoms with Crippen LogP contribution in [-0.4, -0.2) is 48.3 Å². The Hall–Kier alpha value is -3.39. The zero-order valence-corrected chi connectivity index (χ0v) is 21.6. The molecule has 3 heterocycles. The van der Waals surface area contributed by atoms with Gasteiger partial charge >= 0.3 is 5.97 Å². The lowest BCUT2D eigenvalue weighted by Gasteiger charge is -2.19. The number of methoxy groups -OCH3 is 1. The first-order valence-electron chi connectivity index (χ1n) is 12.5. The van der Waals surface area contributed by atoms with E-state index >= 15 is 0 Å². The Morgan fingerprint density at radius 3 is 2.67 bits per heavy atom. The van der Waals surface area contributed by atoms with Crippen molar-refractivity contribution in [3.05, 3.63) is 53.9 Å². The van der Waals surface area contributed by atoms with E-state index in [-0.39, 0.29) is 17.2 Å². The summed E-state index contributed by atoms with van der Waals surface area (Å²) in [7, 11) is 1.36. The van der Waals surface area contributed by atoms with E-state index in [2.05, 4.69) is 43.5 Å². The number of fused-ring (bicyclic) bond motifs is 1. The van der Waals surface area contributed by atoms with Gasteiger partial charge in [0.1, 0.15) is 5.65 Å². The first-order chi connectivity index (χ1) is 17.3. The van der Waals surface area contributed by atoms with Gasteiger partial charge in [0.2, 0.25) is 5.91 Å². The second kappa shape index (κ2) is 11.1. The van der Waals surface area contributed by atoms with Gasteiger partial charge in [-0.25, -0.2) is 9.78 Å². The molecule has 1 aliphatic rings. The van der Waals surface area contributed by atoms with Crippen molar-refractivity contribution in [3.63, 3.8) is 0 Å². The SMILES string of the molecule is COC(=O)c1c(NC(=O)[C@@H]2CCOC2)c2cc(NCC(C)(C)C)cnc2n1CCCc1ccccc1. The Kier molecular flexibility index (Phi) is 7.94. The number of nitrogens with one attached hydrogen (secondary N) is 2. The molecule has 8 nitrogen and oxygen atoms in total. The molecule has 2 aromatic heterocycles. The third-order valence-electron chi connectivity index (χ3n) is 6.34. The van der Waals surface area contributed by atoms with Gasteiger partial charge in [0.25, 0.3) is 0 Å². The molecule has 8 heteroatoms. The number of benzene rings is 1. The van der Waals surface area contributed by atoms with Crippen LogP contribution in [0.2, 0.25) is 0 Å². The predicted molar refractivity (Wildman–Crippen MR) is 141 cm³/mol. The van der Waals surface area contributed by atoms with Crippen molar-refractivity contribution in [3.8, 4) is 0 Å². The van der Waals surface area contributed by atoms with Gasteiger partial charge in [0.05, 0.1) is 37.2 Å². The number of hydrogen-bond acceptors (Lipinski definition) is 6. The van der Waals surface area contributed by atoms with Crippen LogP contribution in [0.15, 0.2) is 42.6 Å². The van der Waals surface area contributed by atoms with Gasteiger partial charge in [-0.05, 0) is 36.3 Å². The molecule has 1 aromatic carbocycles. The van der Waals surface area contributed by atoms with Crippen LogP contribution in [0.3, 0.4) is 0 Å². The number of anilines is 2. The maximum absolute atomic E-state index is 13.1. The largest absolute Gasteiger partial charge is 0.464 e. The molecule has 1 atom stereocenters. The lowest BCUT2D eigenvalue weighted by atomic mass is 9.97. The Bertz CT molecular complexity index is 1210. The number of nitrogens with zero attached hydrogens (tertiary/aromatic N) is 2. The Balaban J connectivity index is 1.73. The quantitative estimate of drug-likeness (QED) is 0.413. The minimum Gasteiger partial charge on any atom is -0.464 e. The first kappa shape index (κ1) is 25.7. The van der Waals surface area contributed by atoms with Crippen LogP contribution in [0, 0.1) is 11.3 Å². The molecule has 0 saturated carbocycles. The van der Waals surface area contributed by atoms with Gasteiger partial charge in [-0.3, -0.25) is 4.79 Å². The highest BCUT2D eigenvalue weighted by Crippen LogP contribution is 2.34. The number of aryl methyl sites for hydroxylation is 2. The summed E-state index contributed by atoms with van der Waals surface area (Å²) in [4.78, 5) is 30.9. The number of hydrogen-bond donors (Lipinski definition) is 2. The number of amides is 1. The number of ether oxygens (including phenoxy) is 2. The average Bonchev–Trinajstić information content (AvgIpc) is 3.50. The summed E-state index contributed by atoms with van der Waals surface area (Å²) >= 11 is 0. The Morgan fingerprint density at radius 2 is 2.00 bits per heavy atom. The van der Waals surface area contributed by atoms with E-state index < -0.39 is 5.97 Å². The molecular formula is C28H36N4O4. The zero-order valence-electron chi connectivity index (χ0n) is 21.6. The van der Waals surface area contributed by atoms with Crippen molar-refractivity contribution < 1.29 is 19.1 Å². The topological polar surface area (TPSA) is 94.5 Å². The lowest BCUT2D eigenvalue weighted by molar-refractivity contribution is -0.119. The molecule has 0 radical (unpaired) electrons. The van der Waals surface area contributed by atoms with Gasteiger partial charge in [0.15, 0.2) is 5.69 Å². The molecule has 0 bridgehead atoms. The fraction of sp³-hybridized carbons (Fsp3) is 0.464. The fourth-order valence-corrected chi connectivity index (χ4v) is 4.39. The average molecular weight is 493 g/mol. The predicted octanol–water partition coefficient (Wildman–Crippen LogP) is 4.89. The summed E-state index contributed by atoms with van der Waals surface area (Å²) in [5.74, 6) is -0.911. The van der Waals surface area contributed by atoms with Gasteiger partial charge in [-0.1, -0.05) is 51.1 Å². The van der Waals surface area contributed by atoms with Crippen LogP contribution < -0.4 is 10.6 Å². The lowest BCUT2D eigenvalue weighted by Crippen LogP contribution is -2.24. The summed E-state index contributed by atoms with van der Waals surface area (Å²) in [5.41, 5.74) is 3.53. The van der Waals surface area contributed by atoms with Crippen molar-refractivity contribution in [1.82, 2.24) is 9.55 Å². The van der Waals surface area contributed by atoms with Crippen LogP contribution in [0.5, 0.6) is 0 Å². The van der Waals surface area contributed by atoms with E-state index in [0.29, 0.717) is 48.6 Å². The van der Waals surface area contributed by atoms with Crippen molar-refractivity contribution in [2.45, 2.75) is 46.6 Å². The van der Waals surface area contributed by atoms with Crippen molar-refractivity contribution in [2.75, 3.05) is 37.5 Å². The molecule has 192 valence electrons. The van der Waals surface area contributed by atoms with Crippen LogP contribution in [-0.2, 0) is 27.2 Å². The van der Waals surface area contributed by atoms with Crippen LogP contribution >= 0.6 is 0 Å². The number of aromatic nitrogens is 2. The number of rotatable bonds is 9. The van der Waals surface area contributed by atoms with E-state index in [1.54, 1.807) is 6.20 Å². The molecular weight excluding hydrogens is 456 g/mol. The Labute approximate surface area is 212 Å². The highest BCUT2D eigenvalue weighted by molar-refractivity contribution is 6.11. The molecule has 4 rings (SSSR count).